The predicted octanol–water partition coefficient (Wildman–Crippen LogP) is 0.870. The molecule has 1 rings (SSSR count). The first-order chi connectivity index (χ1) is 6.76. The smallest absolute Gasteiger partial charge is 0.118 e. The molecule has 0 saturated heterocycles. The molecule has 0 aliphatic heterocycles. The molecule has 4 heteroatoms. The first-order valence-corrected chi connectivity index (χ1v) is 5.16. The van der Waals surface area contributed by atoms with Crippen molar-refractivity contribution >= 4 is 17.6 Å². The Hall–Kier alpha value is -1.18. The highest BCUT2D eigenvalue weighted by atomic mass is 32.1. The maximum Gasteiger partial charge on any atom is 0.118 e. The van der Waals surface area contributed by atoms with Gasteiger partial charge in [0.25, 0.3) is 0 Å². The lowest BCUT2D eigenvalue weighted by atomic mass is 10.1. The van der Waals surface area contributed by atoms with E-state index in [9.17, 15) is 9.90 Å². The molecule has 3 nitrogen and oxygen atoms in total. The van der Waals surface area contributed by atoms with Crippen LogP contribution in [0, 0.1) is 11.3 Å². The number of hydrogen-bond donors (Lipinski definition) is 0. The highest BCUT2D eigenvalue weighted by molar-refractivity contribution is 7.12. The van der Waals surface area contributed by atoms with Crippen molar-refractivity contribution in [2.45, 2.75) is 25.4 Å². The molecule has 0 amide bonds. The second-order valence-electron chi connectivity index (χ2n) is 2.94. The van der Waals surface area contributed by atoms with E-state index in [0.29, 0.717) is 24.0 Å². The fourth-order valence-electron chi connectivity index (χ4n) is 1.10. The standard InChI is InChI=1S/C10H10NO2S/c11-7-10-4-3-9(14-10)2-1-8(13)5-6-12/h3-4,6,8H,1-2,5H2/q-1. The fourth-order valence-corrected chi connectivity index (χ4v) is 1.92. The van der Waals surface area contributed by atoms with Crippen LogP contribution in [0.2, 0.25) is 0 Å². The van der Waals surface area contributed by atoms with E-state index < -0.39 is 6.10 Å². The number of carbonyl (C=O) groups is 1. The van der Waals surface area contributed by atoms with E-state index in [2.05, 4.69) is 0 Å². The van der Waals surface area contributed by atoms with Crippen molar-refractivity contribution in [2.75, 3.05) is 0 Å². The molecule has 74 valence electrons. The molecule has 1 atom stereocenters. The van der Waals surface area contributed by atoms with Crippen molar-refractivity contribution in [2.24, 2.45) is 0 Å². The maximum atomic E-state index is 11.1. The van der Waals surface area contributed by atoms with Gasteiger partial charge in [0, 0.05) is 4.88 Å². The topological polar surface area (TPSA) is 63.9 Å². The van der Waals surface area contributed by atoms with Crippen LogP contribution >= 0.6 is 11.3 Å². The second-order valence-corrected chi connectivity index (χ2v) is 4.11. The lowest BCUT2D eigenvalue weighted by molar-refractivity contribution is -0.419. The van der Waals surface area contributed by atoms with Crippen LogP contribution in [0.3, 0.4) is 0 Å². The Labute approximate surface area is 86.6 Å². The molecule has 1 heterocycles. The Balaban J connectivity index is 2.38. The number of hydrogen-bond acceptors (Lipinski definition) is 4. The molecule has 0 spiro atoms. The number of nitriles is 1. The van der Waals surface area contributed by atoms with Gasteiger partial charge < -0.3 is 9.90 Å². The molecule has 0 aliphatic carbocycles. The molecule has 0 saturated carbocycles. The predicted molar refractivity (Wildman–Crippen MR) is 51.8 cm³/mol. The third kappa shape index (κ3) is 3.29. The van der Waals surface area contributed by atoms with Gasteiger partial charge in [-0.2, -0.15) is 5.26 Å². The number of carbonyl (C=O) groups excluding carboxylic acids is 1. The Bertz CT molecular complexity index is 340. The van der Waals surface area contributed by atoms with Gasteiger partial charge in [0.2, 0.25) is 0 Å². The zero-order valence-electron chi connectivity index (χ0n) is 7.60. The summed E-state index contributed by atoms with van der Waals surface area (Å²) in [6, 6.07) is 5.65. The second kappa shape index (κ2) is 5.53. The minimum atomic E-state index is -0.805. The SMILES string of the molecule is N#Cc1ccc(CCC([O-])CC=O)s1. The van der Waals surface area contributed by atoms with Gasteiger partial charge >= 0.3 is 0 Å². The van der Waals surface area contributed by atoms with Crippen LogP contribution in [0.25, 0.3) is 0 Å². The van der Waals surface area contributed by atoms with Crippen LogP contribution in [-0.4, -0.2) is 12.4 Å². The molecule has 0 N–H and O–H groups in total. The number of aryl methyl sites for hydroxylation is 1. The van der Waals surface area contributed by atoms with Crippen molar-refractivity contribution in [3.05, 3.63) is 21.9 Å². The fraction of sp³-hybridized carbons (Fsp3) is 0.400. The van der Waals surface area contributed by atoms with Gasteiger partial charge in [-0.3, -0.25) is 0 Å². The van der Waals surface area contributed by atoms with Crippen molar-refractivity contribution in [1.29, 1.82) is 5.26 Å². The van der Waals surface area contributed by atoms with Crippen molar-refractivity contribution < 1.29 is 9.90 Å². The van der Waals surface area contributed by atoms with Crippen LogP contribution in [0.5, 0.6) is 0 Å². The van der Waals surface area contributed by atoms with Crippen molar-refractivity contribution in [3.8, 4) is 6.07 Å². The van der Waals surface area contributed by atoms with Crippen LogP contribution in [0.15, 0.2) is 12.1 Å². The quantitative estimate of drug-likeness (QED) is 0.674. The molecule has 1 aromatic heterocycles. The van der Waals surface area contributed by atoms with E-state index in [0.717, 1.165) is 4.88 Å². The van der Waals surface area contributed by atoms with Gasteiger partial charge in [-0.1, -0.05) is 6.42 Å². The van der Waals surface area contributed by atoms with E-state index in [-0.39, 0.29) is 6.42 Å². The van der Waals surface area contributed by atoms with Crippen LogP contribution in [0.1, 0.15) is 22.6 Å². The minimum Gasteiger partial charge on any atom is -0.852 e. The third-order valence-corrected chi connectivity index (χ3v) is 2.89. The van der Waals surface area contributed by atoms with E-state index in [4.69, 9.17) is 5.26 Å². The lowest BCUT2D eigenvalue weighted by Gasteiger charge is -2.17. The first kappa shape index (κ1) is 10.9. The zero-order valence-corrected chi connectivity index (χ0v) is 8.42. The van der Waals surface area contributed by atoms with Crippen molar-refractivity contribution in [3.63, 3.8) is 0 Å². The van der Waals surface area contributed by atoms with Crippen molar-refractivity contribution in [1.82, 2.24) is 0 Å². The zero-order chi connectivity index (χ0) is 10.4. The van der Waals surface area contributed by atoms with Crippen LogP contribution in [-0.2, 0) is 11.2 Å². The monoisotopic (exact) mass is 208 g/mol. The van der Waals surface area contributed by atoms with Gasteiger partial charge in [-0.15, -0.1) is 17.4 Å². The normalized spacial score (nSPS) is 12.0. The number of rotatable bonds is 5. The van der Waals surface area contributed by atoms with Gasteiger partial charge in [0.1, 0.15) is 17.2 Å². The van der Waals surface area contributed by atoms with E-state index in [1.165, 1.54) is 11.3 Å². The Morgan fingerprint density at radius 1 is 1.64 bits per heavy atom. The summed E-state index contributed by atoms with van der Waals surface area (Å²) in [5.74, 6) is 0. The molecule has 0 bridgehead atoms. The van der Waals surface area contributed by atoms with Gasteiger partial charge in [-0.05, 0) is 25.0 Å². The first-order valence-electron chi connectivity index (χ1n) is 4.34. The Morgan fingerprint density at radius 3 is 3.00 bits per heavy atom. The number of thiophene rings is 1. The summed E-state index contributed by atoms with van der Waals surface area (Å²) in [5.41, 5.74) is 0. The number of aldehydes is 1. The van der Waals surface area contributed by atoms with Crippen LogP contribution < -0.4 is 5.11 Å². The van der Waals surface area contributed by atoms with Crippen LogP contribution in [0.4, 0.5) is 0 Å². The highest BCUT2D eigenvalue weighted by Gasteiger charge is 2.00. The van der Waals surface area contributed by atoms with Gasteiger partial charge in [0.05, 0.1) is 0 Å². The van der Waals surface area contributed by atoms with Gasteiger partial charge in [-0.25, -0.2) is 0 Å². The lowest BCUT2D eigenvalue weighted by Crippen LogP contribution is -2.25. The Morgan fingerprint density at radius 2 is 2.43 bits per heavy atom. The summed E-state index contributed by atoms with van der Waals surface area (Å²) < 4.78 is 0. The molecule has 1 aromatic rings. The number of nitrogens with zero attached hydrogens (tertiary/aromatic N) is 1. The Kier molecular flexibility index (Phi) is 4.30. The summed E-state index contributed by atoms with van der Waals surface area (Å²) in [5, 5.41) is 19.6. The van der Waals surface area contributed by atoms with E-state index in [1.54, 1.807) is 6.07 Å². The minimum absolute atomic E-state index is 0.0798. The molecular weight excluding hydrogens is 198 g/mol. The summed E-state index contributed by atoms with van der Waals surface area (Å²) in [4.78, 5) is 11.7. The van der Waals surface area contributed by atoms with Gasteiger partial charge in [0.15, 0.2) is 0 Å². The van der Waals surface area contributed by atoms with E-state index >= 15 is 0 Å². The molecule has 14 heavy (non-hydrogen) atoms. The molecule has 0 aliphatic rings. The summed E-state index contributed by atoms with van der Waals surface area (Å²) in [6.45, 7) is 0. The molecule has 0 fully saturated rings. The summed E-state index contributed by atoms with van der Waals surface area (Å²) >= 11 is 1.40. The summed E-state index contributed by atoms with van der Waals surface area (Å²) in [7, 11) is 0. The maximum absolute atomic E-state index is 11.1. The third-order valence-electron chi connectivity index (χ3n) is 1.84. The summed E-state index contributed by atoms with van der Waals surface area (Å²) in [6.07, 6.45) is 1.06. The average molecular weight is 208 g/mol. The molecule has 0 aromatic carbocycles. The highest BCUT2D eigenvalue weighted by Crippen LogP contribution is 2.17. The molecule has 0 radical (unpaired) electrons. The molecular formula is C10H10NO2S-. The largest absolute Gasteiger partial charge is 0.852 e. The molecule has 1 unspecified atom stereocenters. The van der Waals surface area contributed by atoms with E-state index in [1.807, 2.05) is 12.1 Å². The average Bonchev–Trinajstić information content (AvgIpc) is 2.63.